The highest BCUT2D eigenvalue weighted by molar-refractivity contribution is 6.50. The maximum atomic E-state index is 11.4. The van der Waals surface area contributed by atoms with E-state index >= 15 is 0 Å². The summed E-state index contributed by atoms with van der Waals surface area (Å²) >= 11 is 17.7. The van der Waals surface area contributed by atoms with Gasteiger partial charge < -0.3 is 5.21 Å². The second kappa shape index (κ2) is 3.70. The number of nitrogens with zero attached hydrogens (tertiary/aromatic N) is 3. The van der Waals surface area contributed by atoms with Gasteiger partial charge in [-0.25, -0.2) is 0 Å². The molecule has 80 valence electrons. The molecule has 0 unspecified atom stereocenters. The van der Waals surface area contributed by atoms with Crippen molar-refractivity contribution < 1.29 is 4.85 Å². The molecule has 0 aliphatic rings. The molecule has 0 N–H and O–H groups in total. The fraction of sp³-hybridized carbons (Fsp3) is 0.250. The van der Waals surface area contributed by atoms with Crippen LogP contribution < -0.4 is 4.85 Å². The molecular formula is C8H6Cl3N3O. The highest BCUT2D eigenvalue weighted by Gasteiger charge is 2.21. The van der Waals surface area contributed by atoms with Crippen LogP contribution in [0, 0.1) is 5.21 Å². The molecule has 0 radical (unpaired) electrons. The lowest BCUT2D eigenvalue weighted by Crippen LogP contribution is -2.29. The molecule has 7 heteroatoms. The Bertz CT molecular complexity index is 538. The van der Waals surface area contributed by atoms with E-state index in [9.17, 15) is 5.21 Å². The van der Waals surface area contributed by atoms with Crippen molar-refractivity contribution in [2.45, 2.75) is 13.5 Å². The van der Waals surface area contributed by atoms with Gasteiger partial charge in [-0.05, 0) is 6.92 Å². The van der Waals surface area contributed by atoms with E-state index in [4.69, 9.17) is 34.8 Å². The van der Waals surface area contributed by atoms with Crippen LogP contribution in [0.2, 0.25) is 15.1 Å². The van der Waals surface area contributed by atoms with Gasteiger partial charge in [0.05, 0.1) is 15.3 Å². The van der Waals surface area contributed by atoms with Gasteiger partial charge in [-0.2, -0.15) is 0 Å². The smallest absolute Gasteiger partial charge is 0.218 e. The van der Waals surface area contributed by atoms with E-state index in [2.05, 4.69) is 5.21 Å². The topological polar surface area (TPSA) is 44.8 Å². The van der Waals surface area contributed by atoms with E-state index in [1.54, 1.807) is 0 Å². The van der Waals surface area contributed by atoms with E-state index in [1.807, 2.05) is 6.92 Å². The molecule has 2 aromatic rings. The summed E-state index contributed by atoms with van der Waals surface area (Å²) in [5.74, 6) is 0. The van der Waals surface area contributed by atoms with Gasteiger partial charge in [0, 0.05) is 6.07 Å². The minimum atomic E-state index is 0.237. The summed E-state index contributed by atoms with van der Waals surface area (Å²) in [6, 6.07) is 1.46. The molecule has 1 heterocycles. The van der Waals surface area contributed by atoms with Crippen LogP contribution in [-0.4, -0.2) is 9.90 Å². The highest BCUT2D eigenvalue weighted by Crippen LogP contribution is 2.35. The van der Waals surface area contributed by atoms with E-state index < -0.39 is 0 Å². The lowest BCUT2D eigenvalue weighted by molar-refractivity contribution is -0.646. The van der Waals surface area contributed by atoms with Crippen molar-refractivity contribution in [2.24, 2.45) is 0 Å². The fourth-order valence-corrected chi connectivity index (χ4v) is 2.06. The first-order chi connectivity index (χ1) is 7.06. The predicted octanol–water partition coefficient (Wildman–Crippen LogP) is 2.65. The van der Waals surface area contributed by atoms with Crippen LogP contribution >= 0.6 is 34.8 Å². The van der Waals surface area contributed by atoms with E-state index in [1.165, 1.54) is 10.7 Å². The molecule has 0 aliphatic heterocycles. The number of hydrogen-bond acceptors (Lipinski definition) is 2. The lowest BCUT2D eigenvalue weighted by Gasteiger charge is -1.99. The Balaban J connectivity index is 2.95. The first-order valence-electron chi connectivity index (χ1n) is 4.20. The Kier molecular flexibility index (Phi) is 2.66. The average Bonchev–Trinajstić information content (AvgIpc) is 2.52. The van der Waals surface area contributed by atoms with Gasteiger partial charge in [-0.15, -0.1) is 9.53 Å². The molecule has 0 aliphatic carbocycles. The van der Waals surface area contributed by atoms with Crippen LogP contribution in [0.25, 0.3) is 11.0 Å². The minimum Gasteiger partial charge on any atom is -0.691 e. The average molecular weight is 267 g/mol. The van der Waals surface area contributed by atoms with E-state index in [-0.39, 0.29) is 15.1 Å². The highest BCUT2D eigenvalue weighted by atomic mass is 35.5. The molecule has 15 heavy (non-hydrogen) atoms. The molecule has 1 aromatic carbocycles. The van der Waals surface area contributed by atoms with Crippen LogP contribution in [0.15, 0.2) is 6.07 Å². The zero-order valence-corrected chi connectivity index (χ0v) is 9.94. The Hall–Kier alpha value is -0.710. The van der Waals surface area contributed by atoms with E-state index in [0.29, 0.717) is 22.4 Å². The number of aromatic nitrogens is 3. The number of rotatable bonds is 1. The van der Waals surface area contributed by atoms with Crippen LogP contribution in [0.4, 0.5) is 0 Å². The van der Waals surface area contributed by atoms with Gasteiger partial charge in [0.25, 0.3) is 0 Å². The third kappa shape index (κ3) is 1.53. The summed E-state index contributed by atoms with van der Waals surface area (Å²) in [6.07, 6.45) is 0. The van der Waals surface area contributed by atoms with Gasteiger partial charge in [0.15, 0.2) is 0 Å². The van der Waals surface area contributed by atoms with Crippen molar-refractivity contribution in [3.8, 4) is 0 Å². The standard InChI is InChI=1S/C8H6Cl3N3O/c1-2-13-8-5(14(15)12-13)3-4(9)6(10)7(8)11/h3H,2H2,1H3. The minimum absolute atomic E-state index is 0.237. The van der Waals surface area contributed by atoms with Crippen molar-refractivity contribution >= 4 is 45.8 Å². The SMILES string of the molecule is CCn1n[n+]([O-])c2cc(Cl)c(Cl)c(Cl)c21. The quantitative estimate of drug-likeness (QED) is 0.452. The zero-order valence-electron chi connectivity index (χ0n) is 7.67. The molecule has 0 saturated carbocycles. The number of fused-ring (bicyclic) bond motifs is 1. The Morgan fingerprint density at radius 3 is 2.67 bits per heavy atom. The summed E-state index contributed by atoms with van der Waals surface area (Å²) in [5, 5.41) is 15.9. The summed E-state index contributed by atoms with van der Waals surface area (Å²) in [5.41, 5.74) is 0.819. The van der Waals surface area contributed by atoms with Crippen LogP contribution in [-0.2, 0) is 6.54 Å². The molecule has 0 amide bonds. The molecule has 1 aromatic heterocycles. The molecular weight excluding hydrogens is 260 g/mol. The molecule has 2 rings (SSSR count). The van der Waals surface area contributed by atoms with Crippen molar-refractivity contribution in [3.63, 3.8) is 0 Å². The molecule has 0 saturated heterocycles. The maximum Gasteiger partial charge on any atom is 0.218 e. The normalized spacial score (nSPS) is 11.2. The van der Waals surface area contributed by atoms with Gasteiger partial charge in [0.1, 0.15) is 11.6 Å². The van der Waals surface area contributed by atoms with Crippen molar-refractivity contribution in [3.05, 3.63) is 26.3 Å². The first kappa shape index (κ1) is 10.8. The van der Waals surface area contributed by atoms with Crippen LogP contribution in [0.1, 0.15) is 6.92 Å². The summed E-state index contributed by atoms with van der Waals surface area (Å²) in [4.78, 5) is 0.479. The lowest BCUT2D eigenvalue weighted by atomic mass is 10.3. The molecule has 0 spiro atoms. The van der Waals surface area contributed by atoms with Crippen molar-refractivity contribution in [2.75, 3.05) is 0 Å². The monoisotopic (exact) mass is 265 g/mol. The van der Waals surface area contributed by atoms with E-state index in [0.717, 1.165) is 0 Å². The summed E-state index contributed by atoms with van der Waals surface area (Å²) in [6.45, 7) is 2.38. The Morgan fingerprint density at radius 1 is 1.40 bits per heavy atom. The van der Waals surface area contributed by atoms with Crippen LogP contribution in [0.3, 0.4) is 0 Å². The van der Waals surface area contributed by atoms with Crippen LogP contribution in [0.5, 0.6) is 0 Å². The zero-order chi connectivity index (χ0) is 11.2. The Labute approximate surface area is 101 Å². The van der Waals surface area contributed by atoms with Gasteiger partial charge >= 0.3 is 0 Å². The molecule has 0 bridgehead atoms. The maximum absolute atomic E-state index is 11.4. The third-order valence-electron chi connectivity index (χ3n) is 2.07. The van der Waals surface area contributed by atoms with Crippen molar-refractivity contribution in [1.29, 1.82) is 0 Å². The molecule has 0 fully saturated rings. The summed E-state index contributed by atoms with van der Waals surface area (Å²) < 4.78 is 1.48. The number of aryl methyl sites for hydroxylation is 1. The second-order valence-electron chi connectivity index (χ2n) is 2.93. The van der Waals surface area contributed by atoms with Gasteiger partial charge in [0.2, 0.25) is 11.0 Å². The largest absolute Gasteiger partial charge is 0.691 e. The fourth-order valence-electron chi connectivity index (χ4n) is 1.38. The van der Waals surface area contributed by atoms with Crippen molar-refractivity contribution in [1.82, 2.24) is 9.90 Å². The number of benzene rings is 1. The summed E-state index contributed by atoms with van der Waals surface area (Å²) in [7, 11) is 0. The van der Waals surface area contributed by atoms with Gasteiger partial charge in [-0.3, -0.25) is 0 Å². The molecule has 4 nitrogen and oxygen atoms in total. The molecule has 0 atom stereocenters. The second-order valence-corrected chi connectivity index (χ2v) is 4.10. The number of hydrogen-bond donors (Lipinski definition) is 0. The first-order valence-corrected chi connectivity index (χ1v) is 5.33. The number of halogens is 3. The van der Waals surface area contributed by atoms with Gasteiger partial charge in [-0.1, -0.05) is 34.8 Å². The predicted molar refractivity (Wildman–Crippen MR) is 59.4 cm³/mol. The Morgan fingerprint density at radius 2 is 2.07 bits per heavy atom. The third-order valence-corrected chi connectivity index (χ3v) is 3.32.